The first-order chi connectivity index (χ1) is 11.5. The van der Waals surface area contributed by atoms with Crippen LogP contribution in [0.15, 0.2) is 42.6 Å². The van der Waals surface area contributed by atoms with Crippen LogP contribution in [-0.4, -0.2) is 32.0 Å². The molecule has 2 aromatic rings. The maximum absolute atomic E-state index is 13.1. The Morgan fingerprint density at radius 3 is 2.75 bits per heavy atom. The van der Waals surface area contributed by atoms with Gasteiger partial charge in [-0.15, -0.1) is 0 Å². The molecule has 0 N–H and O–H groups in total. The number of hydrogen-bond donors (Lipinski definition) is 0. The second kappa shape index (κ2) is 5.33. The van der Waals surface area contributed by atoms with Gasteiger partial charge in [0.15, 0.2) is 5.82 Å². The van der Waals surface area contributed by atoms with Gasteiger partial charge in [0, 0.05) is 38.7 Å². The number of fused-ring (bicyclic) bond motifs is 2. The molecule has 4 rings (SSSR count). The van der Waals surface area contributed by atoms with E-state index in [1.165, 1.54) is 11.1 Å². The number of amides is 1. The van der Waals surface area contributed by atoms with Gasteiger partial charge in [-0.05, 0) is 42.5 Å². The fourth-order valence-corrected chi connectivity index (χ4v) is 4.27. The Morgan fingerprint density at radius 1 is 1.17 bits per heavy atom. The molecule has 1 aromatic carbocycles. The van der Waals surface area contributed by atoms with Crippen molar-refractivity contribution in [3.63, 3.8) is 0 Å². The Balaban J connectivity index is 1.61. The van der Waals surface area contributed by atoms with Crippen LogP contribution >= 0.6 is 0 Å². The highest BCUT2D eigenvalue weighted by molar-refractivity contribution is 6.00. The minimum Gasteiger partial charge on any atom is -0.361 e. The molecular weight excluding hydrogens is 298 g/mol. The predicted molar refractivity (Wildman–Crippen MR) is 96.5 cm³/mol. The standard InChI is InChI=1S/C20H23N3O/c1-22(2)18-17(9-6-12-21-18)23(3)19(24)16-13-20(16)11-10-14-7-4-5-8-15(14)20/h4-9,12,16H,10-11,13H2,1-3H3/t16-,20+/m0/s1. The number of rotatable bonds is 3. The minimum atomic E-state index is 0.0857. The van der Waals surface area contributed by atoms with Crippen molar-refractivity contribution < 1.29 is 4.79 Å². The highest BCUT2D eigenvalue weighted by Gasteiger charge is 2.62. The van der Waals surface area contributed by atoms with Crippen LogP contribution in [0.1, 0.15) is 24.0 Å². The van der Waals surface area contributed by atoms with E-state index < -0.39 is 0 Å². The number of pyridine rings is 1. The quantitative estimate of drug-likeness (QED) is 0.872. The molecule has 0 saturated heterocycles. The summed E-state index contributed by atoms with van der Waals surface area (Å²) in [6.45, 7) is 0. The summed E-state index contributed by atoms with van der Waals surface area (Å²) in [5.74, 6) is 1.14. The Bertz CT molecular complexity index is 801. The molecule has 1 heterocycles. The zero-order valence-electron chi connectivity index (χ0n) is 14.5. The van der Waals surface area contributed by atoms with Crippen molar-refractivity contribution in [1.82, 2.24) is 4.98 Å². The van der Waals surface area contributed by atoms with Crippen molar-refractivity contribution in [3.05, 3.63) is 53.7 Å². The lowest BCUT2D eigenvalue weighted by Crippen LogP contribution is -2.32. The number of nitrogens with zero attached hydrogens (tertiary/aromatic N) is 3. The van der Waals surface area contributed by atoms with Crippen LogP contribution in [0.2, 0.25) is 0 Å². The van der Waals surface area contributed by atoms with Gasteiger partial charge in [0.2, 0.25) is 5.91 Å². The second-order valence-corrected chi connectivity index (χ2v) is 7.21. The van der Waals surface area contributed by atoms with Crippen LogP contribution in [0.25, 0.3) is 0 Å². The average Bonchev–Trinajstić information content (AvgIpc) is 3.22. The SMILES string of the molecule is CN(C)c1ncccc1N(C)C(=O)[C@@H]1C[C@@]12CCc1ccccc12. The lowest BCUT2D eigenvalue weighted by Gasteiger charge is -2.24. The van der Waals surface area contributed by atoms with E-state index in [1.54, 1.807) is 11.1 Å². The molecular formula is C20H23N3O. The number of hydrogen-bond acceptors (Lipinski definition) is 3. The zero-order valence-corrected chi connectivity index (χ0v) is 14.5. The van der Waals surface area contributed by atoms with Gasteiger partial charge in [-0.3, -0.25) is 4.79 Å². The zero-order chi connectivity index (χ0) is 16.9. The summed E-state index contributed by atoms with van der Waals surface area (Å²) in [7, 11) is 5.78. The molecule has 0 aliphatic heterocycles. The maximum Gasteiger partial charge on any atom is 0.230 e. The van der Waals surface area contributed by atoms with E-state index >= 15 is 0 Å². The first-order valence-corrected chi connectivity index (χ1v) is 8.53. The molecule has 0 unspecified atom stereocenters. The molecule has 0 radical (unpaired) electrons. The van der Waals surface area contributed by atoms with Crippen LogP contribution in [0.4, 0.5) is 11.5 Å². The van der Waals surface area contributed by atoms with E-state index in [9.17, 15) is 4.79 Å². The summed E-state index contributed by atoms with van der Waals surface area (Å²) in [6, 6.07) is 12.5. The third kappa shape index (κ3) is 2.13. The van der Waals surface area contributed by atoms with Crippen molar-refractivity contribution in [2.45, 2.75) is 24.7 Å². The number of anilines is 2. The summed E-state index contributed by atoms with van der Waals surface area (Å²) in [5, 5.41) is 0. The fraction of sp³-hybridized carbons (Fsp3) is 0.400. The molecule has 1 fully saturated rings. The number of carbonyl (C=O) groups is 1. The van der Waals surface area contributed by atoms with E-state index in [2.05, 4.69) is 29.2 Å². The van der Waals surface area contributed by atoms with Crippen LogP contribution in [0, 0.1) is 5.92 Å². The molecule has 1 spiro atoms. The molecule has 1 saturated carbocycles. The smallest absolute Gasteiger partial charge is 0.230 e. The summed E-state index contributed by atoms with van der Waals surface area (Å²) in [4.78, 5) is 21.3. The van der Waals surface area contributed by atoms with Crippen LogP contribution in [-0.2, 0) is 16.6 Å². The summed E-state index contributed by atoms with van der Waals surface area (Å²) >= 11 is 0. The number of aromatic nitrogens is 1. The Kier molecular flexibility index (Phi) is 3.37. The van der Waals surface area contributed by atoms with Crippen LogP contribution < -0.4 is 9.80 Å². The molecule has 4 nitrogen and oxygen atoms in total. The normalized spacial score (nSPS) is 23.9. The van der Waals surface area contributed by atoms with E-state index in [1.807, 2.05) is 38.2 Å². The van der Waals surface area contributed by atoms with Gasteiger partial charge < -0.3 is 9.80 Å². The van der Waals surface area contributed by atoms with E-state index in [-0.39, 0.29) is 17.2 Å². The topological polar surface area (TPSA) is 36.4 Å². The molecule has 4 heteroatoms. The number of carbonyl (C=O) groups excluding carboxylic acids is 1. The lowest BCUT2D eigenvalue weighted by atomic mass is 9.95. The van der Waals surface area contributed by atoms with Crippen LogP contribution in [0.3, 0.4) is 0 Å². The molecule has 124 valence electrons. The number of aryl methyl sites for hydroxylation is 1. The van der Waals surface area contributed by atoms with Crippen molar-refractivity contribution in [3.8, 4) is 0 Å². The molecule has 2 atom stereocenters. The molecule has 0 bridgehead atoms. The highest BCUT2D eigenvalue weighted by Crippen LogP contribution is 2.62. The van der Waals surface area contributed by atoms with E-state index in [0.717, 1.165) is 30.8 Å². The summed E-state index contributed by atoms with van der Waals surface area (Å²) in [5.41, 5.74) is 3.78. The Labute approximate surface area is 143 Å². The van der Waals surface area contributed by atoms with Crippen molar-refractivity contribution in [1.29, 1.82) is 0 Å². The van der Waals surface area contributed by atoms with Crippen molar-refractivity contribution >= 4 is 17.4 Å². The van der Waals surface area contributed by atoms with E-state index in [4.69, 9.17) is 0 Å². The Hall–Kier alpha value is -2.36. The van der Waals surface area contributed by atoms with Gasteiger partial charge in [-0.2, -0.15) is 0 Å². The maximum atomic E-state index is 13.1. The Morgan fingerprint density at radius 2 is 1.96 bits per heavy atom. The molecule has 1 aromatic heterocycles. The third-order valence-electron chi connectivity index (χ3n) is 5.65. The third-order valence-corrected chi connectivity index (χ3v) is 5.65. The number of benzene rings is 1. The molecule has 24 heavy (non-hydrogen) atoms. The first-order valence-electron chi connectivity index (χ1n) is 8.53. The van der Waals surface area contributed by atoms with Gasteiger partial charge in [-0.1, -0.05) is 24.3 Å². The van der Waals surface area contributed by atoms with Crippen molar-refractivity contribution in [2.75, 3.05) is 30.9 Å². The summed E-state index contributed by atoms with van der Waals surface area (Å²) in [6.07, 6.45) is 4.94. The summed E-state index contributed by atoms with van der Waals surface area (Å²) < 4.78 is 0. The monoisotopic (exact) mass is 321 g/mol. The minimum absolute atomic E-state index is 0.0857. The fourth-order valence-electron chi connectivity index (χ4n) is 4.27. The lowest BCUT2D eigenvalue weighted by molar-refractivity contribution is -0.119. The van der Waals surface area contributed by atoms with E-state index in [0.29, 0.717) is 0 Å². The molecule has 1 amide bonds. The van der Waals surface area contributed by atoms with Gasteiger partial charge in [0.25, 0.3) is 0 Å². The van der Waals surface area contributed by atoms with Gasteiger partial charge in [0.05, 0.1) is 5.69 Å². The van der Waals surface area contributed by atoms with Gasteiger partial charge >= 0.3 is 0 Å². The second-order valence-electron chi connectivity index (χ2n) is 7.21. The van der Waals surface area contributed by atoms with Crippen molar-refractivity contribution in [2.24, 2.45) is 5.92 Å². The molecule has 2 aliphatic carbocycles. The molecule has 2 aliphatic rings. The largest absolute Gasteiger partial charge is 0.361 e. The predicted octanol–water partition coefficient (Wildman–Crippen LogP) is 3.01. The first kappa shape index (κ1) is 15.2. The van der Waals surface area contributed by atoms with Gasteiger partial charge in [-0.25, -0.2) is 4.98 Å². The highest BCUT2D eigenvalue weighted by atomic mass is 16.2. The van der Waals surface area contributed by atoms with Crippen LogP contribution in [0.5, 0.6) is 0 Å². The average molecular weight is 321 g/mol. The van der Waals surface area contributed by atoms with Gasteiger partial charge in [0.1, 0.15) is 0 Å².